The van der Waals surface area contributed by atoms with Crippen LogP contribution in [0.2, 0.25) is 0 Å². The van der Waals surface area contributed by atoms with Crippen LogP contribution in [0.15, 0.2) is 194 Å². The number of rotatable bonds is 4. The summed E-state index contributed by atoms with van der Waals surface area (Å²) in [5.41, 5.74) is 12.6. The number of benzene rings is 8. The van der Waals surface area contributed by atoms with E-state index in [9.17, 15) is 0 Å². The molecule has 0 saturated heterocycles. The number of para-hydroxylation sites is 7. The molecule has 0 atom stereocenters. The molecule has 0 aliphatic carbocycles. The number of imidazole rings is 2. The van der Waals surface area contributed by atoms with E-state index in [-0.39, 0.29) is 0 Å². The smallest absolute Gasteiger partial charge is 0.220 e. The molecule has 0 unspecified atom stereocenters. The van der Waals surface area contributed by atoms with Crippen LogP contribution in [0.25, 0.3) is 61.0 Å². The highest BCUT2D eigenvalue weighted by atomic mass is 16.5. The van der Waals surface area contributed by atoms with Gasteiger partial charge in [0.05, 0.1) is 44.2 Å². The van der Waals surface area contributed by atoms with E-state index in [0.29, 0.717) is 0 Å². The van der Waals surface area contributed by atoms with Gasteiger partial charge in [-0.2, -0.15) is 0 Å². The third kappa shape index (κ3) is 4.04. The molecular formula is C50H32N4O. The molecule has 0 fully saturated rings. The van der Waals surface area contributed by atoms with Gasteiger partial charge in [0.2, 0.25) is 5.78 Å². The van der Waals surface area contributed by atoms with Gasteiger partial charge in [-0.15, -0.1) is 0 Å². The monoisotopic (exact) mass is 704 g/mol. The molecule has 5 nitrogen and oxygen atoms in total. The first-order chi connectivity index (χ1) is 27.3. The van der Waals surface area contributed by atoms with E-state index in [0.717, 1.165) is 78.3 Å². The fraction of sp³-hybridized carbons (Fsp3) is 0.0200. The first kappa shape index (κ1) is 30.1. The van der Waals surface area contributed by atoms with Gasteiger partial charge in [-0.05, 0) is 71.8 Å². The minimum absolute atomic E-state index is 0.608. The summed E-state index contributed by atoms with van der Waals surface area (Å²) < 4.78 is 14.0. The Morgan fingerprint density at radius 1 is 0.436 bits per heavy atom. The first-order valence-corrected chi connectivity index (χ1v) is 18.7. The van der Waals surface area contributed by atoms with Gasteiger partial charge in [-0.25, -0.2) is 4.98 Å². The lowest BCUT2D eigenvalue weighted by atomic mass is 9.63. The normalized spacial score (nSPS) is 13.4. The van der Waals surface area contributed by atoms with Gasteiger partial charge in [0.15, 0.2) is 5.75 Å². The quantitative estimate of drug-likeness (QED) is 0.183. The minimum Gasteiger partial charge on any atom is -0.454 e. The van der Waals surface area contributed by atoms with E-state index in [1.165, 1.54) is 16.5 Å². The van der Waals surface area contributed by atoms with Gasteiger partial charge in [0.25, 0.3) is 0 Å². The van der Waals surface area contributed by atoms with Crippen molar-refractivity contribution in [3.63, 3.8) is 0 Å². The minimum atomic E-state index is -0.608. The Kier molecular flexibility index (Phi) is 6.20. The lowest BCUT2D eigenvalue weighted by Gasteiger charge is -2.42. The van der Waals surface area contributed by atoms with E-state index < -0.39 is 5.41 Å². The largest absolute Gasteiger partial charge is 0.454 e. The fourth-order valence-electron chi connectivity index (χ4n) is 9.35. The number of ether oxygens (including phenoxy) is 1. The average Bonchev–Trinajstić information content (AvgIpc) is 3.90. The van der Waals surface area contributed by atoms with Gasteiger partial charge < -0.3 is 9.30 Å². The first-order valence-electron chi connectivity index (χ1n) is 18.7. The Hall–Kier alpha value is -7.37. The van der Waals surface area contributed by atoms with Crippen molar-refractivity contribution in [2.24, 2.45) is 0 Å². The Morgan fingerprint density at radius 3 is 1.85 bits per heavy atom. The standard InChI is InChI=1S/C50H32N4O/c1-3-16-33(17-4-1)50(34-18-5-2-6-19-34)38-21-8-14-29-47(38)55-48-39(50)22-15-28-46(48)53-41-24-10-7-20-36(41)37-32-35(30-31-42(37)53)52-44-26-12-13-27-45(44)54-43-25-11-9-23-40(43)51-49(52)54/h1-32H. The molecule has 8 aromatic carbocycles. The number of hydrogen-bond acceptors (Lipinski definition) is 2. The number of aromatic nitrogens is 4. The van der Waals surface area contributed by atoms with Gasteiger partial charge in [-0.1, -0.05) is 133 Å². The third-order valence-electron chi connectivity index (χ3n) is 11.6. The zero-order valence-corrected chi connectivity index (χ0v) is 29.7. The molecule has 258 valence electrons. The van der Waals surface area contributed by atoms with Crippen molar-refractivity contribution in [2.75, 3.05) is 0 Å². The van der Waals surface area contributed by atoms with Crippen LogP contribution in [0.5, 0.6) is 11.5 Å². The summed E-state index contributed by atoms with van der Waals surface area (Å²) in [5.74, 6) is 2.60. The number of fused-ring (bicyclic) bond motifs is 10. The lowest BCUT2D eigenvalue weighted by molar-refractivity contribution is 0.433. The maximum atomic E-state index is 7.10. The summed E-state index contributed by atoms with van der Waals surface area (Å²) in [6.45, 7) is 0. The van der Waals surface area contributed by atoms with Crippen molar-refractivity contribution in [3.8, 4) is 22.9 Å². The van der Waals surface area contributed by atoms with E-state index in [1.54, 1.807) is 0 Å². The summed E-state index contributed by atoms with van der Waals surface area (Å²) >= 11 is 0. The van der Waals surface area contributed by atoms with Crippen molar-refractivity contribution in [1.29, 1.82) is 0 Å². The molecule has 1 aliphatic heterocycles. The van der Waals surface area contributed by atoms with Crippen LogP contribution < -0.4 is 4.74 Å². The Morgan fingerprint density at radius 2 is 1.05 bits per heavy atom. The molecule has 0 bridgehead atoms. The van der Waals surface area contributed by atoms with Crippen LogP contribution in [0.3, 0.4) is 0 Å². The van der Waals surface area contributed by atoms with Crippen LogP contribution in [-0.2, 0) is 5.41 Å². The van der Waals surface area contributed by atoms with Gasteiger partial charge >= 0.3 is 0 Å². The summed E-state index contributed by atoms with van der Waals surface area (Å²) in [5, 5.41) is 2.33. The van der Waals surface area contributed by atoms with Crippen molar-refractivity contribution in [3.05, 3.63) is 216 Å². The van der Waals surface area contributed by atoms with Crippen LogP contribution >= 0.6 is 0 Å². The second-order valence-corrected chi connectivity index (χ2v) is 14.3. The van der Waals surface area contributed by atoms with Crippen molar-refractivity contribution >= 4 is 49.7 Å². The molecule has 55 heavy (non-hydrogen) atoms. The summed E-state index contributed by atoms with van der Waals surface area (Å²) in [4.78, 5) is 5.16. The maximum absolute atomic E-state index is 7.10. The van der Waals surface area contributed by atoms with Crippen LogP contribution in [0.1, 0.15) is 22.3 Å². The topological polar surface area (TPSA) is 36.4 Å². The van der Waals surface area contributed by atoms with Crippen molar-refractivity contribution < 1.29 is 4.74 Å². The summed E-state index contributed by atoms with van der Waals surface area (Å²) in [6, 6.07) is 69.3. The van der Waals surface area contributed by atoms with E-state index in [4.69, 9.17) is 9.72 Å². The summed E-state index contributed by atoms with van der Waals surface area (Å²) in [6.07, 6.45) is 0. The molecule has 0 N–H and O–H groups in total. The summed E-state index contributed by atoms with van der Waals surface area (Å²) in [7, 11) is 0. The molecular weight excluding hydrogens is 673 g/mol. The SMILES string of the molecule is c1ccc(C2(c3ccccc3)c3ccccc3Oc3c(-n4c5ccccc5c5cc(-n6c7ccccc7n7c8ccccc8nc67)ccc54)cccc32)cc1. The molecule has 0 saturated carbocycles. The highest BCUT2D eigenvalue weighted by Crippen LogP contribution is 2.57. The van der Waals surface area contributed by atoms with Crippen LogP contribution in [-0.4, -0.2) is 18.5 Å². The molecule has 0 radical (unpaired) electrons. The zero-order chi connectivity index (χ0) is 36.1. The third-order valence-corrected chi connectivity index (χ3v) is 11.6. The fourth-order valence-corrected chi connectivity index (χ4v) is 9.35. The van der Waals surface area contributed by atoms with Gasteiger partial charge in [-0.3, -0.25) is 8.97 Å². The van der Waals surface area contributed by atoms with Crippen LogP contribution in [0.4, 0.5) is 0 Å². The van der Waals surface area contributed by atoms with Crippen LogP contribution in [0, 0.1) is 0 Å². The average molecular weight is 705 g/mol. The van der Waals surface area contributed by atoms with E-state index in [2.05, 4.69) is 208 Å². The molecule has 0 spiro atoms. The molecule has 0 amide bonds. The molecule has 5 heteroatoms. The molecule has 1 aliphatic rings. The second kappa shape index (κ2) is 11.3. The Balaban J connectivity index is 1.15. The second-order valence-electron chi connectivity index (χ2n) is 14.3. The highest BCUT2D eigenvalue weighted by Gasteiger charge is 2.46. The molecule has 12 rings (SSSR count). The zero-order valence-electron chi connectivity index (χ0n) is 29.7. The van der Waals surface area contributed by atoms with E-state index in [1.807, 2.05) is 0 Å². The predicted molar refractivity (Wildman–Crippen MR) is 222 cm³/mol. The van der Waals surface area contributed by atoms with Crippen molar-refractivity contribution in [2.45, 2.75) is 5.41 Å². The number of hydrogen-bond donors (Lipinski definition) is 0. The Labute approximate surface area is 316 Å². The Bertz CT molecular complexity index is 3260. The highest BCUT2D eigenvalue weighted by molar-refractivity contribution is 6.10. The van der Waals surface area contributed by atoms with Gasteiger partial charge in [0, 0.05) is 27.6 Å². The molecule has 4 heterocycles. The van der Waals surface area contributed by atoms with Crippen molar-refractivity contribution in [1.82, 2.24) is 18.5 Å². The number of nitrogens with zero attached hydrogens (tertiary/aromatic N) is 4. The van der Waals surface area contributed by atoms with Gasteiger partial charge in [0.1, 0.15) is 5.75 Å². The molecule has 3 aromatic heterocycles. The lowest BCUT2D eigenvalue weighted by Crippen LogP contribution is -2.34. The van der Waals surface area contributed by atoms with E-state index >= 15 is 0 Å². The molecule has 11 aromatic rings. The predicted octanol–water partition coefficient (Wildman–Crippen LogP) is 12.0. The maximum Gasteiger partial charge on any atom is 0.220 e.